The van der Waals surface area contributed by atoms with Crippen LogP contribution in [0.4, 0.5) is 0 Å². The first-order valence-corrected chi connectivity index (χ1v) is 6.42. The summed E-state index contributed by atoms with van der Waals surface area (Å²) < 4.78 is 0. The lowest BCUT2D eigenvalue weighted by atomic mass is 9.85. The number of carbonyl (C=O) groups is 1. The van der Waals surface area contributed by atoms with Gasteiger partial charge in [0, 0.05) is 24.5 Å². The zero-order valence-corrected chi connectivity index (χ0v) is 9.80. The zero-order valence-electron chi connectivity index (χ0n) is 9.04. The molecular formula is C12H18ClNO. The van der Waals surface area contributed by atoms with E-state index in [0.29, 0.717) is 18.2 Å². The minimum Gasteiger partial charge on any atom is -0.316 e. The molecule has 0 radical (unpaired) electrons. The van der Waals surface area contributed by atoms with Crippen LogP contribution in [0.5, 0.6) is 0 Å². The summed E-state index contributed by atoms with van der Waals surface area (Å²) in [5.41, 5.74) is 1.29. The molecule has 0 spiro atoms. The van der Waals surface area contributed by atoms with E-state index in [4.69, 9.17) is 11.6 Å². The minimum atomic E-state index is 0.211. The number of amides is 1. The molecule has 1 heterocycles. The average molecular weight is 228 g/mol. The topological polar surface area (TPSA) is 20.3 Å². The smallest absolute Gasteiger partial charge is 0.227 e. The van der Waals surface area contributed by atoms with Gasteiger partial charge >= 0.3 is 0 Å². The zero-order chi connectivity index (χ0) is 10.7. The van der Waals surface area contributed by atoms with Crippen LogP contribution in [0.25, 0.3) is 0 Å². The van der Waals surface area contributed by atoms with Crippen molar-refractivity contribution in [3.05, 3.63) is 11.8 Å². The highest BCUT2D eigenvalue weighted by Crippen LogP contribution is 2.35. The number of nitrogens with zero attached hydrogens (tertiary/aromatic N) is 1. The molecule has 15 heavy (non-hydrogen) atoms. The van der Waals surface area contributed by atoms with Crippen LogP contribution in [0.3, 0.4) is 0 Å². The van der Waals surface area contributed by atoms with E-state index < -0.39 is 0 Å². The first-order valence-electron chi connectivity index (χ1n) is 5.89. The highest BCUT2D eigenvalue weighted by molar-refractivity contribution is 6.18. The molecule has 1 amide bonds. The van der Waals surface area contributed by atoms with Crippen molar-refractivity contribution in [2.75, 3.05) is 12.4 Å². The average Bonchev–Trinajstić information content (AvgIpc) is 2.28. The van der Waals surface area contributed by atoms with Gasteiger partial charge in [-0.05, 0) is 38.0 Å². The van der Waals surface area contributed by atoms with Crippen molar-refractivity contribution in [1.82, 2.24) is 4.90 Å². The Balaban J connectivity index is 2.09. The summed E-state index contributed by atoms with van der Waals surface area (Å²) in [4.78, 5) is 13.8. The van der Waals surface area contributed by atoms with Crippen molar-refractivity contribution in [2.24, 2.45) is 5.92 Å². The van der Waals surface area contributed by atoms with Gasteiger partial charge in [-0.3, -0.25) is 4.79 Å². The van der Waals surface area contributed by atoms with Gasteiger partial charge in [0.05, 0.1) is 0 Å². The Morgan fingerprint density at radius 3 is 3.07 bits per heavy atom. The van der Waals surface area contributed by atoms with Crippen LogP contribution in [0.15, 0.2) is 11.8 Å². The van der Waals surface area contributed by atoms with Crippen molar-refractivity contribution in [1.29, 1.82) is 0 Å². The maximum Gasteiger partial charge on any atom is 0.227 e. The number of alkyl halides is 1. The molecule has 1 fully saturated rings. The Kier molecular flexibility index (Phi) is 3.68. The van der Waals surface area contributed by atoms with E-state index >= 15 is 0 Å². The summed E-state index contributed by atoms with van der Waals surface area (Å²) in [5.74, 6) is 1.29. The molecule has 1 unspecified atom stereocenters. The van der Waals surface area contributed by atoms with Gasteiger partial charge in [-0.15, -0.1) is 11.6 Å². The van der Waals surface area contributed by atoms with Gasteiger partial charge in [-0.25, -0.2) is 0 Å². The molecule has 0 aromatic carbocycles. The summed E-state index contributed by atoms with van der Waals surface area (Å²) in [5, 5.41) is 0. The van der Waals surface area contributed by atoms with Crippen molar-refractivity contribution in [3.8, 4) is 0 Å². The number of hydrogen-bond acceptors (Lipinski definition) is 1. The molecule has 0 N–H and O–H groups in total. The normalized spacial score (nSPS) is 25.8. The summed E-state index contributed by atoms with van der Waals surface area (Å²) in [6.45, 7) is 0.901. The Hall–Kier alpha value is -0.500. The number of rotatable bonds is 2. The number of halogens is 1. The number of piperidine rings is 1. The first kappa shape index (κ1) is 11.0. The lowest BCUT2D eigenvalue weighted by molar-refractivity contribution is -0.130. The number of fused-ring (bicyclic) bond motifs is 1. The van der Waals surface area contributed by atoms with Gasteiger partial charge < -0.3 is 4.90 Å². The summed E-state index contributed by atoms with van der Waals surface area (Å²) >= 11 is 5.62. The first-order chi connectivity index (χ1) is 7.33. The molecule has 2 rings (SSSR count). The Morgan fingerprint density at radius 1 is 1.47 bits per heavy atom. The van der Waals surface area contributed by atoms with Crippen molar-refractivity contribution < 1.29 is 4.79 Å². The SMILES string of the molecule is O=C(CCCl)N1CCCC2CCCC=C21. The molecule has 0 saturated carbocycles. The molecule has 3 heteroatoms. The van der Waals surface area contributed by atoms with E-state index in [1.807, 2.05) is 4.90 Å². The fraction of sp³-hybridized carbons (Fsp3) is 0.750. The van der Waals surface area contributed by atoms with E-state index in [2.05, 4.69) is 6.08 Å². The molecule has 2 aliphatic rings. The number of hydrogen-bond donors (Lipinski definition) is 0. The van der Waals surface area contributed by atoms with Gasteiger partial charge in [-0.2, -0.15) is 0 Å². The van der Waals surface area contributed by atoms with Gasteiger partial charge in [0.1, 0.15) is 0 Å². The third kappa shape index (κ3) is 2.36. The van der Waals surface area contributed by atoms with Gasteiger partial charge in [0.25, 0.3) is 0 Å². The summed E-state index contributed by atoms with van der Waals surface area (Å²) in [7, 11) is 0. The minimum absolute atomic E-state index is 0.211. The molecular weight excluding hydrogens is 210 g/mol. The second-order valence-corrected chi connectivity index (χ2v) is 4.76. The fourth-order valence-corrected chi connectivity index (χ4v) is 2.82. The molecule has 0 bridgehead atoms. The quantitative estimate of drug-likeness (QED) is 0.665. The Morgan fingerprint density at radius 2 is 2.27 bits per heavy atom. The molecule has 0 aromatic heterocycles. The molecule has 1 saturated heterocycles. The highest BCUT2D eigenvalue weighted by atomic mass is 35.5. The van der Waals surface area contributed by atoms with Crippen LogP contribution in [0.1, 0.15) is 38.5 Å². The fourth-order valence-electron chi connectivity index (χ4n) is 2.66. The number of carbonyl (C=O) groups excluding carboxylic acids is 1. The van der Waals surface area contributed by atoms with Crippen LogP contribution in [0, 0.1) is 5.92 Å². The molecule has 1 aliphatic heterocycles. The van der Waals surface area contributed by atoms with Crippen LogP contribution in [-0.2, 0) is 4.79 Å². The van der Waals surface area contributed by atoms with Crippen LogP contribution in [0.2, 0.25) is 0 Å². The summed E-state index contributed by atoms with van der Waals surface area (Å²) in [6.07, 6.45) is 8.83. The maximum atomic E-state index is 11.9. The molecule has 0 aromatic rings. The molecule has 2 nitrogen and oxygen atoms in total. The van der Waals surface area contributed by atoms with E-state index in [-0.39, 0.29) is 5.91 Å². The monoisotopic (exact) mass is 227 g/mol. The van der Waals surface area contributed by atoms with Gasteiger partial charge in [-0.1, -0.05) is 6.08 Å². The highest BCUT2D eigenvalue weighted by Gasteiger charge is 2.29. The van der Waals surface area contributed by atoms with Crippen molar-refractivity contribution in [2.45, 2.75) is 38.5 Å². The number of allylic oxidation sites excluding steroid dienone is 2. The third-order valence-corrected chi connectivity index (χ3v) is 3.57. The standard InChI is InChI=1S/C12H18ClNO/c13-8-7-12(15)14-9-3-5-10-4-1-2-6-11(10)14/h6,10H,1-5,7-9H2. The van der Waals surface area contributed by atoms with Crippen LogP contribution < -0.4 is 0 Å². The van der Waals surface area contributed by atoms with E-state index in [1.54, 1.807) is 0 Å². The van der Waals surface area contributed by atoms with Crippen molar-refractivity contribution in [3.63, 3.8) is 0 Å². The Labute approximate surface area is 96.3 Å². The largest absolute Gasteiger partial charge is 0.316 e. The van der Waals surface area contributed by atoms with Crippen molar-refractivity contribution >= 4 is 17.5 Å². The summed E-state index contributed by atoms with van der Waals surface area (Å²) in [6, 6.07) is 0. The Bertz CT molecular complexity index is 275. The second kappa shape index (κ2) is 5.02. The second-order valence-electron chi connectivity index (χ2n) is 4.38. The van der Waals surface area contributed by atoms with E-state index in [9.17, 15) is 4.79 Å². The van der Waals surface area contributed by atoms with E-state index in [0.717, 1.165) is 19.4 Å². The number of likely N-dealkylation sites (tertiary alicyclic amines) is 1. The predicted molar refractivity (Wildman–Crippen MR) is 61.7 cm³/mol. The lowest BCUT2D eigenvalue weighted by Gasteiger charge is -2.38. The van der Waals surface area contributed by atoms with Crippen LogP contribution in [-0.4, -0.2) is 23.2 Å². The molecule has 84 valence electrons. The van der Waals surface area contributed by atoms with E-state index in [1.165, 1.54) is 25.0 Å². The molecule has 1 aliphatic carbocycles. The molecule has 1 atom stereocenters. The van der Waals surface area contributed by atoms with Crippen LogP contribution >= 0.6 is 11.6 Å². The third-order valence-electron chi connectivity index (χ3n) is 3.38. The van der Waals surface area contributed by atoms with Gasteiger partial charge in [0.2, 0.25) is 5.91 Å². The van der Waals surface area contributed by atoms with Gasteiger partial charge in [0.15, 0.2) is 0 Å². The maximum absolute atomic E-state index is 11.9. The lowest BCUT2D eigenvalue weighted by Crippen LogP contribution is -2.39. The predicted octanol–water partition coefficient (Wildman–Crippen LogP) is 2.92.